The highest BCUT2D eigenvalue weighted by Gasteiger charge is 2.27. The molecule has 1 aromatic carbocycles. The van der Waals surface area contributed by atoms with Gasteiger partial charge in [0.2, 0.25) is 0 Å². The lowest BCUT2D eigenvalue weighted by Gasteiger charge is -2.07. The molecular weight excluding hydrogens is 246 g/mol. The van der Waals surface area contributed by atoms with Crippen molar-refractivity contribution < 1.29 is 4.79 Å². The third-order valence-corrected chi connectivity index (χ3v) is 3.35. The average Bonchev–Trinajstić information content (AvgIpc) is 2.69. The van der Waals surface area contributed by atoms with Gasteiger partial charge in [0.05, 0.1) is 0 Å². The van der Waals surface area contributed by atoms with E-state index in [2.05, 4.69) is 15.6 Å². The van der Waals surface area contributed by atoms with Gasteiger partial charge >= 0.3 is 0 Å². The first-order valence-corrected chi connectivity index (χ1v) is 7.12. The van der Waals surface area contributed by atoms with E-state index in [1.807, 2.05) is 44.4 Å². The fourth-order valence-corrected chi connectivity index (χ4v) is 2.17. The van der Waals surface area contributed by atoms with Crippen molar-refractivity contribution in [1.82, 2.24) is 10.6 Å². The van der Waals surface area contributed by atoms with Crippen LogP contribution in [0.1, 0.15) is 25.5 Å². The van der Waals surface area contributed by atoms with Gasteiger partial charge in [-0.3, -0.25) is 10.1 Å². The first kappa shape index (κ1) is 13.0. The molecule has 1 heterocycles. The maximum atomic E-state index is 11.9. The van der Waals surface area contributed by atoms with Gasteiger partial charge in [-0.1, -0.05) is 12.1 Å². The van der Waals surface area contributed by atoms with Crippen LogP contribution in [0.3, 0.4) is 0 Å². The lowest BCUT2D eigenvalue weighted by atomic mass is 10.1. The van der Waals surface area contributed by atoms with Gasteiger partial charge in [-0.05, 0) is 37.8 Å². The number of hydrogen-bond acceptors (Lipinski definition) is 4. The molecule has 18 heavy (non-hydrogen) atoms. The Morgan fingerprint density at radius 2 is 2.00 bits per heavy atom. The van der Waals surface area contributed by atoms with E-state index < -0.39 is 6.04 Å². The molecule has 0 saturated heterocycles. The Bertz CT molecular complexity index is 468. The van der Waals surface area contributed by atoms with Crippen LogP contribution >= 0.6 is 11.8 Å². The van der Waals surface area contributed by atoms with E-state index >= 15 is 0 Å². The number of amides is 1. The van der Waals surface area contributed by atoms with E-state index in [0.29, 0.717) is 5.96 Å². The zero-order chi connectivity index (χ0) is 13.1. The van der Waals surface area contributed by atoms with Crippen LogP contribution in [0.5, 0.6) is 0 Å². The van der Waals surface area contributed by atoms with Gasteiger partial charge in [0.15, 0.2) is 12.0 Å². The first-order valence-electron chi connectivity index (χ1n) is 5.89. The number of benzene rings is 1. The molecule has 2 N–H and O–H groups in total. The van der Waals surface area contributed by atoms with Crippen LogP contribution in [0.4, 0.5) is 0 Å². The van der Waals surface area contributed by atoms with Crippen molar-refractivity contribution in [2.75, 3.05) is 6.26 Å². The molecule has 1 atom stereocenters. The summed E-state index contributed by atoms with van der Waals surface area (Å²) in [4.78, 5) is 17.4. The Morgan fingerprint density at radius 1 is 1.33 bits per heavy atom. The van der Waals surface area contributed by atoms with Crippen molar-refractivity contribution in [2.24, 2.45) is 4.99 Å². The number of guanidine groups is 1. The molecule has 0 aliphatic carbocycles. The molecule has 2 rings (SSSR count). The smallest absolute Gasteiger partial charge is 0.256 e. The van der Waals surface area contributed by atoms with Crippen LogP contribution in [0.25, 0.3) is 0 Å². The van der Waals surface area contributed by atoms with E-state index in [1.165, 1.54) is 4.90 Å². The number of thioether (sulfide) groups is 1. The van der Waals surface area contributed by atoms with E-state index in [9.17, 15) is 4.79 Å². The molecule has 1 amide bonds. The minimum Gasteiger partial charge on any atom is -0.354 e. The maximum Gasteiger partial charge on any atom is 0.256 e. The molecule has 0 spiro atoms. The van der Waals surface area contributed by atoms with Crippen molar-refractivity contribution in [2.45, 2.75) is 30.8 Å². The second-order valence-corrected chi connectivity index (χ2v) is 5.32. The monoisotopic (exact) mass is 263 g/mol. The molecule has 5 heteroatoms. The van der Waals surface area contributed by atoms with Crippen molar-refractivity contribution >= 4 is 23.6 Å². The van der Waals surface area contributed by atoms with Crippen LogP contribution in [0, 0.1) is 0 Å². The number of nitrogens with one attached hydrogen (secondary N) is 2. The average molecular weight is 263 g/mol. The van der Waals surface area contributed by atoms with Crippen LogP contribution in [-0.2, 0) is 4.79 Å². The highest BCUT2D eigenvalue weighted by atomic mass is 32.2. The van der Waals surface area contributed by atoms with Gasteiger partial charge in [0.1, 0.15) is 0 Å². The molecule has 1 aliphatic rings. The summed E-state index contributed by atoms with van der Waals surface area (Å²) in [7, 11) is 0. The third kappa shape index (κ3) is 2.85. The second kappa shape index (κ2) is 5.44. The second-order valence-electron chi connectivity index (χ2n) is 4.44. The summed E-state index contributed by atoms with van der Waals surface area (Å²) in [5.41, 5.74) is 0.922. The normalized spacial score (nSPS) is 18.8. The Morgan fingerprint density at radius 3 is 2.56 bits per heavy atom. The molecule has 1 aromatic rings. The summed E-state index contributed by atoms with van der Waals surface area (Å²) in [6.07, 6.45) is 2.03. The highest BCUT2D eigenvalue weighted by Crippen LogP contribution is 2.23. The largest absolute Gasteiger partial charge is 0.354 e. The Hall–Kier alpha value is -1.49. The zero-order valence-corrected chi connectivity index (χ0v) is 11.5. The lowest BCUT2D eigenvalue weighted by Crippen LogP contribution is -2.40. The molecule has 0 saturated carbocycles. The van der Waals surface area contributed by atoms with E-state index in [0.717, 1.165) is 5.56 Å². The molecule has 0 fully saturated rings. The predicted octanol–water partition coefficient (Wildman–Crippen LogP) is 1.93. The summed E-state index contributed by atoms with van der Waals surface area (Å²) in [5.74, 6) is 0.490. The first-order chi connectivity index (χ1) is 8.60. The summed E-state index contributed by atoms with van der Waals surface area (Å²) >= 11 is 1.68. The lowest BCUT2D eigenvalue weighted by molar-refractivity contribution is -0.120. The van der Waals surface area contributed by atoms with Crippen molar-refractivity contribution in [3.8, 4) is 0 Å². The third-order valence-electron chi connectivity index (χ3n) is 2.61. The fraction of sp³-hybridized carbons (Fsp3) is 0.385. The molecule has 0 radical (unpaired) electrons. The molecular formula is C13H17N3OS. The zero-order valence-electron chi connectivity index (χ0n) is 10.7. The maximum absolute atomic E-state index is 11.9. The molecule has 96 valence electrons. The fourth-order valence-electron chi connectivity index (χ4n) is 1.76. The van der Waals surface area contributed by atoms with Crippen LogP contribution < -0.4 is 10.6 Å². The minimum atomic E-state index is -0.429. The molecule has 1 unspecified atom stereocenters. The SMILES string of the molecule is CSc1ccc(C2N=C(NC(C)C)NC2=O)cc1. The van der Waals surface area contributed by atoms with Gasteiger partial charge in [-0.15, -0.1) is 11.8 Å². The predicted molar refractivity (Wildman–Crippen MR) is 74.8 cm³/mol. The summed E-state index contributed by atoms with van der Waals surface area (Å²) in [6.45, 7) is 4.02. The number of carbonyl (C=O) groups is 1. The van der Waals surface area contributed by atoms with Gasteiger partial charge < -0.3 is 5.32 Å². The number of nitrogens with zero attached hydrogens (tertiary/aromatic N) is 1. The summed E-state index contributed by atoms with van der Waals surface area (Å²) in [5, 5.41) is 5.87. The van der Waals surface area contributed by atoms with Gasteiger partial charge in [-0.2, -0.15) is 0 Å². The van der Waals surface area contributed by atoms with E-state index in [-0.39, 0.29) is 11.9 Å². The molecule has 4 nitrogen and oxygen atoms in total. The Balaban J connectivity index is 2.16. The number of aliphatic imine (C=N–C) groups is 1. The quantitative estimate of drug-likeness (QED) is 0.819. The van der Waals surface area contributed by atoms with Gasteiger partial charge in [0.25, 0.3) is 5.91 Å². The van der Waals surface area contributed by atoms with Crippen molar-refractivity contribution in [3.05, 3.63) is 29.8 Å². The van der Waals surface area contributed by atoms with Crippen LogP contribution in [0.15, 0.2) is 34.2 Å². The molecule has 0 aromatic heterocycles. The van der Waals surface area contributed by atoms with Crippen molar-refractivity contribution in [1.29, 1.82) is 0 Å². The minimum absolute atomic E-state index is 0.0740. The number of hydrogen-bond donors (Lipinski definition) is 2. The number of rotatable bonds is 3. The van der Waals surface area contributed by atoms with E-state index in [1.54, 1.807) is 11.8 Å². The van der Waals surface area contributed by atoms with Gasteiger partial charge in [0, 0.05) is 10.9 Å². The summed E-state index contributed by atoms with van der Waals surface area (Å²) < 4.78 is 0. The van der Waals surface area contributed by atoms with Crippen LogP contribution in [0.2, 0.25) is 0 Å². The topological polar surface area (TPSA) is 53.5 Å². The molecule has 1 aliphatic heterocycles. The Kier molecular flexibility index (Phi) is 3.91. The standard InChI is InChI=1S/C13H17N3OS/c1-8(2)14-13-15-11(12(17)16-13)9-4-6-10(18-3)7-5-9/h4-8,11H,1-3H3,(H2,14,15,16,17). The molecule has 0 bridgehead atoms. The highest BCUT2D eigenvalue weighted by molar-refractivity contribution is 7.98. The van der Waals surface area contributed by atoms with Crippen molar-refractivity contribution in [3.63, 3.8) is 0 Å². The van der Waals surface area contributed by atoms with Gasteiger partial charge in [-0.25, -0.2) is 4.99 Å². The Labute approximate surface area is 111 Å². The summed E-state index contributed by atoms with van der Waals surface area (Å²) in [6, 6.07) is 7.76. The van der Waals surface area contributed by atoms with Crippen LogP contribution in [-0.4, -0.2) is 24.2 Å². The van der Waals surface area contributed by atoms with E-state index in [4.69, 9.17) is 0 Å². The number of carbonyl (C=O) groups excluding carboxylic acids is 1.